The van der Waals surface area contributed by atoms with Gasteiger partial charge >= 0.3 is 5.97 Å². The van der Waals surface area contributed by atoms with Gasteiger partial charge in [-0.15, -0.1) is 0 Å². The van der Waals surface area contributed by atoms with Gasteiger partial charge in [0.1, 0.15) is 5.70 Å². The Morgan fingerprint density at radius 1 is 1.47 bits per heavy atom. The van der Waals surface area contributed by atoms with Crippen molar-refractivity contribution in [2.45, 2.75) is 0 Å². The molecular formula is C12H12ClNO3. The summed E-state index contributed by atoms with van der Waals surface area (Å²) in [4.78, 5) is 15.2. The molecule has 0 atom stereocenters. The first-order chi connectivity index (χ1) is 8.09. The molecule has 0 saturated heterocycles. The molecule has 0 amide bonds. The van der Waals surface area contributed by atoms with E-state index in [-0.39, 0.29) is 12.3 Å². The van der Waals surface area contributed by atoms with Gasteiger partial charge in [-0.25, -0.2) is 4.79 Å². The summed E-state index contributed by atoms with van der Waals surface area (Å²) >= 11 is 5.74. The molecule has 0 unspecified atom stereocenters. The first kappa shape index (κ1) is 13.3. The zero-order chi connectivity index (χ0) is 12.7. The number of rotatable bonds is 6. The molecule has 5 heteroatoms. The number of aliphatic carboxylic acids is 1. The topological polar surface area (TPSA) is 58.6 Å². The Bertz CT molecular complexity index is 426. The third-order valence-corrected chi connectivity index (χ3v) is 2.07. The van der Waals surface area contributed by atoms with E-state index in [0.717, 1.165) is 5.56 Å². The fourth-order valence-corrected chi connectivity index (χ4v) is 1.10. The molecule has 1 rings (SSSR count). The second kappa shape index (κ2) is 6.73. The summed E-state index contributed by atoms with van der Waals surface area (Å²) in [5, 5.41) is 9.15. The fourth-order valence-electron chi connectivity index (χ4n) is 0.979. The zero-order valence-electron chi connectivity index (χ0n) is 9.02. The lowest BCUT2D eigenvalue weighted by Crippen LogP contribution is -2.19. The summed E-state index contributed by atoms with van der Waals surface area (Å²) in [6.07, 6.45) is 3.58. The minimum absolute atomic E-state index is 0.204. The van der Waals surface area contributed by atoms with Gasteiger partial charge in [-0.2, -0.15) is 0 Å². The molecule has 17 heavy (non-hydrogen) atoms. The molecule has 0 heterocycles. The van der Waals surface area contributed by atoms with Gasteiger partial charge in [-0.3, -0.25) is 10.3 Å². The van der Waals surface area contributed by atoms with Crippen molar-refractivity contribution in [2.24, 2.45) is 0 Å². The van der Waals surface area contributed by atoms with Crippen LogP contribution >= 0.6 is 11.6 Å². The maximum Gasteiger partial charge on any atom is 0.353 e. The molecule has 0 aliphatic heterocycles. The van der Waals surface area contributed by atoms with E-state index in [1.54, 1.807) is 18.2 Å². The van der Waals surface area contributed by atoms with E-state index >= 15 is 0 Å². The summed E-state index contributed by atoms with van der Waals surface area (Å²) in [6, 6.07) is 7.30. The minimum Gasteiger partial charge on any atom is -0.477 e. The number of halogens is 1. The van der Waals surface area contributed by atoms with Crippen LogP contribution in [0.5, 0.6) is 0 Å². The van der Waals surface area contributed by atoms with Crippen molar-refractivity contribution >= 4 is 23.6 Å². The highest BCUT2D eigenvalue weighted by Crippen LogP contribution is 2.10. The highest BCUT2D eigenvalue weighted by molar-refractivity contribution is 6.30. The lowest BCUT2D eigenvalue weighted by Gasteiger charge is -2.02. The largest absolute Gasteiger partial charge is 0.477 e. The van der Waals surface area contributed by atoms with Crippen LogP contribution in [-0.4, -0.2) is 17.7 Å². The molecular weight excluding hydrogens is 242 g/mol. The van der Waals surface area contributed by atoms with Crippen molar-refractivity contribution in [3.8, 4) is 0 Å². The van der Waals surface area contributed by atoms with Gasteiger partial charge in [0.15, 0.2) is 0 Å². The van der Waals surface area contributed by atoms with Crippen LogP contribution in [0.25, 0.3) is 6.08 Å². The average molecular weight is 254 g/mol. The van der Waals surface area contributed by atoms with Crippen LogP contribution < -0.4 is 5.48 Å². The standard InChI is InChI=1S/C12H12ClNO3/c1-9(12(15)16)14-17-8-2-3-10-4-6-11(13)7-5-10/h2-7,14H,1,8H2,(H,15,16). The fraction of sp³-hybridized carbons (Fsp3) is 0.0833. The van der Waals surface area contributed by atoms with E-state index in [1.165, 1.54) is 0 Å². The van der Waals surface area contributed by atoms with Crippen LogP contribution in [0.3, 0.4) is 0 Å². The van der Waals surface area contributed by atoms with Gasteiger partial charge in [-0.05, 0) is 17.7 Å². The maximum absolute atomic E-state index is 10.3. The summed E-state index contributed by atoms with van der Waals surface area (Å²) in [5.41, 5.74) is 2.99. The molecule has 1 aromatic carbocycles. The molecule has 0 aliphatic rings. The monoisotopic (exact) mass is 253 g/mol. The molecule has 0 bridgehead atoms. The number of hydrogen-bond acceptors (Lipinski definition) is 3. The van der Waals surface area contributed by atoms with Gasteiger partial charge in [0, 0.05) is 5.02 Å². The first-order valence-electron chi connectivity index (χ1n) is 4.81. The van der Waals surface area contributed by atoms with Crippen molar-refractivity contribution in [2.75, 3.05) is 6.61 Å². The Morgan fingerprint density at radius 3 is 2.71 bits per heavy atom. The predicted octanol–water partition coefficient (Wildman–Crippen LogP) is 2.47. The van der Waals surface area contributed by atoms with E-state index in [0.29, 0.717) is 5.02 Å². The van der Waals surface area contributed by atoms with Gasteiger partial charge in [-0.1, -0.05) is 42.5 Å². The highest BCUT2D eigenvalue weighted by Gasteiger charge is 2.00. The maximum atomic E-state index is 10.3. The number of hydrogen-bond donors (Lipinski definition) is 2. The van der Waals surface area contributed by atoms with Crippen LogP contribution in [0.1, 0.15) is 5.56 Å². The Kier molecular flexibility index (Phi) is 5.26. The van der Waals surface area contributed by atoms with E-state index in [1.807, 2.05) is 18.2 Å². The number of carbonyl (C=O) groups is 1. The SMILES string of the molecule is C=C(NOCC=Cc1ccc(Cl)cc1)C(=O)O. The number of hydroxylamine groups is 1. The lowest BCUT2D eigenvalue weighted by atomic mass is 10.2. The average Bonchev–Trinajstić information content (AvgIpc) is 2.30. The van der Waals surface area contributed by atoms with Crippen LogP contribution in [0.15, 0.2) is 42.6 Å². The molecule has 4 nitrogen and oxygen atoms in total. The summed E-state index contributed by atoms with van der Waals surface area (Å²) in [6.45, 7) is 3.48. The molecule has 0 fully saturated rings. The summed E-state index contributed by atoms with van der Waals surface area (Å²) < 4.78 is 0. The van der Waals surface area contributed by atoms with Crippen molar-refractivity contribution in [3.63, 3.8) is 0 Å². The summed E-state index contributed by atoms with van der Waals surface area (Å²) in [5.74, 6) is -1.15. The van der Waals surface area contributed by atoms with Crippen molar-refractivity contribution in [1.82, 2.24) is 5.48 Å². The van der Waals surface area contributed by atoms with E-state index in [9.17, 15) is 4.79 Å². The van der Waals surface area contributed by atoms with Gasteiger partial charge in [0.2, 0.25) is 0 Å². The third kappa shape index (κ3) is 5.19. The molecule has 0 saturated carbocycles. The number of carboxylic acid groups (broad SMARTS) is 1. The van der Waals surface area contributed by atoms with Crippen LogP contribution in [0, 0.1) is 0 Å². The molecule has 1 aromatic rings. The second-order valence-corrected chi connectivity index (χ2v) is 3.59. The predicted molar refractivity (Wildman–Crippen MR) is 66.3 cm³/mol. The van der Waals surface area contributed by atoms with E-state index < -0.39 is 5.97 Å². The Balaban J connectivity index is 2.29. The molecule has 0 radical (unpaired) electrons. The van der Waals surface area contributed by atoms with Gasteiger partial charge in [0.05, 0.1) is 6.61 Å². The Hall–Kier alpha value is -1.78. The lowest BCUT2D eigenvalue weighted by molar-refractivity contribution is -0.134. The van der Waals surface area contributed by atoms with Gasteiger partial charge in [0.25, 0.3) is 0 Å². The van der Waals surface area contributed by atoms with Crippen LogP contribution in [0.4, 0.5) is 0 Å². The van der Waals surface area contributed by atoms with E-state index in [4.69, 9.17) is 21.5 Å². The Labute approximate surface area is 104 Å². The molecule has 0 aliphatic carbocycles. The van der Waals surface area contributed by atoms with Crippen molar-refractivity contribution in [1.29, 1.82) is 0 Å². The highest BCUT2D eigenvalue weighted by atomic mass is 35.5. The molecule has 2 N–H and O–H groups in total. The number of benzene rings is 1. The third-order valence-electron chi connectivity index (χ3n) is 1.81. The van der Waals surface area contributed by atoms with Crippen LogP contribution in [-0.2, 0) is 9.63 Å². The normalized spacial score (nSPS) is 10.4. The van der Waals surface area contributed by atoms with Crippen molar-refractivity contribution in [3.05, 3.63) is 53.2 Å². The molecule has 0 spiro atoms. The second-order valence-electron chi connectivity index (χ2n) is 3.15. The van der Waals surface area contributed by atoms with Crippen LogP contribution in [0.2, 0.25) is 5.02 Å². The molecule has 90 valence electrons. The first-order valence-corrected chi connectivity index (χ1v) is 5.19. The number of nitrogens with one attached hydrogen (secondary N) is 1. The van der Waals surface area contributed by atoms with Gasteiger partial charge < -0.3 is 5.11 Å². The quantitative estimate of drug-likeness (QED) is 0.465. The smallest absolute Gasteiger partial charge is 0.353 e. The molecule has 0 aromatic heterocycles. The zero-order valence-corrected chi connectivity index (χ0v) is 9.78. The summed E-state index contributed by atoms with van der Waals surface area (Å²) in [7, 11) is 0. The number of carboxylic acids is 1. The van der Waals surface area contributed by atoms with E-state index in [2.05, 4.69) is 12.1 Å². The Morgan fingerprint density at radius 2 is 2.12 bits per heavy atom. The van der Waals surface area contributed by atoms with Crippen molar-refractivity contribution < 1.29 is 14.7 Å². The minimum atomic E-state index is -1.15.